The van der Waals surface area contributed by atoms with Crippen LogP contribution in [0.4, 0.5) is 0 Å². The van der Waals surface area contributed by atoms with Crippen LogP contribution in [0.2, 0.25) is 0 Å². The van der Waals surface area contributed by atoms with E-state index in [0.29, 0.717) is 35.0 Å². The number of aliphatic hydroxyl groups excluding tert-OH is 1. The highest BCUT2D eigenvalue weighted by Crippen LogP contribution is 2.42. The number of nitrogens with one attached hydrogen (secondary N) is 1. The van der Waals surface area contributed by atoms with Gasteiger partial charge in [-0.2, -0.15) is 4.98 Å². The smallest absolute Gasteiger partial charge is 0.257 e. The van der Waals surface area contributed by atoms with E-state index in [9.17, 15) is 13.5 Å². The van der Waals surface area contributed by atoms with Crippen LogP contribution in [0.1, 0.15) is 49.3 Å². The third-order valence-electron chi connectivity index (χ3n) is 6.59. The van der Waals surface area contributed by atoms with Crippen molar-refractivity contribution in [2.75, 3.05) is 0 Å². The summed E-state index contributed by atoms with van der Waals surface area (Å²) in [5.41, 5.74) is 2.15. The van der Waals surface area contributed by atoms with Crippen LogP contribution >= 0.6 is 0 Å². The maximum atomic E-state index is 13.3. The van der Waals surface area contributed by atoms with Gasteiger partial charge < -0.3 is 14.4 Å². The van der Waals surface area contributed by atoms with Gasteiger partial charge in [0.1, 0.15) is 17.5 Å². The molecule has 0 unspecified atom stereocenters. The summed E-state index contributed by atoms with van der Waals surface area (Å²) in [5.74, 6) is 1.30. The third kappa shape index (κ3) is 5.16. The Hall–Kier alpha value is -3.53. The van der Waals surface area contributed by atoms with Crippen LogP contribution in [0.25, 0.3) is 11.5 Å². The Labute approximate surface area is 216 Å². The van der Waals surface area contributed by atoms with E-state index in [-0.39, 0.29) is 4.90 Å². The zero-order valence-corrected chi connectivity index (χ0v) is 21.7. The molecule has 2 heterocycles. The molecule has 8 nitrogen and oxygen atoms in total. The maximum absolute atomic E-state index is 13.3. The molecule has 0 radical (unpaired) electrons. The number of aryl methyl sites for hydroxylation is 1. The number of hydrogen-bond acceptors (Lipinski definition) is 7. The second-order valence-corrected chi connectivity index (χ2v) is 11.4. The highest BCUT2D eigenvalue weighted by molar-refractivity contribution is 7.89. The van der Waals surface area contributed by atoms with E-state index in [0.717, 1.165) is 17.5 Å². The monoisotopic (exact) mass is 519 g/mol. The van der Waals surface area contributed by atoms with Gasteiger partial charge in [0.05, 0.1) is 10.9 Å². The Morgan fingerprint density at radius 3 is 2.43 bits per heavy atom. The van der Waals surface area contributed by atoms with Crippen molar-refractivity contribution in [1.82, 2.24) is 14.9 Å². The highest BCUT2D eigenvalue weighted by atomic mass is 32.2. The SMILES string of the molecule is CCc1ccc(S(=O)(=O)N[C@@H]2c3cc(-c4nc(Cc5ccccc5)no4)ccc3OC(C)(C)[C@H]2O)cc1. The number of sulfonamides is 1. The summed E-state index contributed by atoms with van der Waals surface area (Å²) >= 11 is 0. The number of aromatic nitrogens is 2. The number of fused-ring (bicyclic) bond motifs is 1. The van der Waals surface area contributed by atoms with Gasteiger partial charge in [-0.25, -0.2) is 13.1 Å². The van der Waals surface area contributed by atoms with Crippen molar-refractivity contribution in [1.29, 1.82) is 0 Å². The van der Waals surface area contributed by atoms with Crippen LogP contribution in [-0.2, 0) is 22.9 Å². The maximum Gasteiger partial charge on any atom is 0.257 e. The normalized spacial score (nSPS) is 18.7. The molecule has 0 aliphatic carbocycles. The topological polar surface area (TPSA) is 115 Å². The number of ether oxygens (including phenoxy) is 1. The fourth-order valence-corrected chi connectivity index (χ4v) is 5.64. The average Bonchev–Trinajstić information content (AvgIpc) is 3.35. The van der Waals surface area contributed by atoms with Gasteiger partial charge in [0.15, 0.2) is 5.82 Å². The number of hydrogen-bond donors (Lipinski definition) is 2. The lowest BCUT2D eigenvalue weighted by atomic mass is 9.86. The predicted molar refractivity (Wildman–Crippen MR) is 139 cm³/mol. The van der Waals surface area contributed by atoms with Crippen molar-refractivity contribution >= 4 is 10.0 Å². The molecule has 1 aromatic heterocycles. The molecule has 2 N–H and O–H groups in total. The van der Waals surface area contributed by atoms with E-state index in [1.54, 1.807) is 56.3 Å². The molecule has 0 saturated heterocycles. The van der Waals surface area contributed by atoms with E-state index in [4.69, 9.17) is 9.26 Å². The van der Waals surface area contributed by atoms with Crippen molar-refractivity contribution in [2.45, 2.75) is 56.3 Å². The molecule has 9 heteroatoms. The lowest BCUT2D eigenvalue weighted by molar-refractivity contribution is -0.0602. The van der Waals surface area contributed by atoms with E-state index in [1.165, 1.54) is 0 Å². The first-order valence-electron chi connectivity index (χ1n) is 12.2. The van der Waals surface area contributed by atoms with Gasteiger partial charge in [0.25, 0.3) is 5.89 Å². The van der Waals surface area contributed by atoms with Gasteiger partial charge in [0.2, 0.25) is 10.0 Å². The molecule has 5 rings (SSSR count). The Balaban J connectivity index is 1.47. The average molecular weight is 520 g/mol. The first-order valence-corrected chi connectivity index (χ1v) is 13.6. The lowest BCUT2D eigenvalue weighted by Gasteiger charge is -2.42. The summed E-state index contributed by atoms with van der Waals surface area (Å²) in [6.07, 6.45) is 0.167. The molecule has 192 valence electrons. The lowest BCUT2D eigenvalue weighted by Crippen LogP contribution is -2.53. The minimum Gasteiger partial charge on any atom is -0.485 e. The number of benzene rings is 3. The fraction of sp³-hybridized carbons (Fsp3) is 0.286. The number of nitrogens with zero attached hydrogens (tertiary/aromatic N) is 2. The number of rotatable bonds is 7. The minimum atomic E-state index is -3.94. The molecule has 2 atom stereocenters. The van der Waals surface area contributed by atoms with Crippen LogP contribution in [0, 0.1) is 0 Å². The van der Waals surface area contributed by atoms with Gasteiger partial charge in [-0.05, 0) is 61.7 Å². The second-order valence-electron chi connectivity index (χ2n) is 9.68. The zero-order valence-electron chi connectivity index (χ0n) is 20.9. The van der Waals surface area contributed by atoms with E-state index in [2.05, 4.69) is 14.9 Å². The van der Waals surface area contributed by atoms with Gasteiger partial charge >= 0.3 is 0 Å². The van der Waals surface area contributed by atoms with Crippen molar-refractivity contribution in [3.63, 3.8) is 0 Å². The molecule has 0 amide bonds. The molecular weight excluding hydrogens is 490 g/mol. The van der Waals surface area contributed by atoms with Crippen molar-refractivity contribution < 1.29 is 22.8 Å². The zero-order chi connectivity index (χ0) is 26.2. The van der Waals surface area contributed by atoms with Crippen molar-refractivity contribution in [3.8, 4) is 17.2 Å². The van der Waals surface area contributed by atoms with Gasteiger partial charge in [0, 0.05) is 17.5 Å². The van der Waals surface area contributed by atoms with Gasteiger partial charge in [-0.1, -0.05) is 54.5 Å². The minimum absolute atomic E-state index is 0.126. The largest absolute Gasteiger partial charge is 0.485 e. The third-order valence-corrected chi connectivity index (χ3v) is 8.05. The summed E-state index contributed by atoms with van der Waals surface area (Å²) in [6, 6.07) is 20.8. The summed E-state index contributed by atoms with van der Waals surface area (Å²) in [5, 5.41) is 15.3. The molecule has 37 heavy (non-hydrogen) atoms. The van der Waals surface area contributed by atoms with Crippen LogP contribution in [0.5, 0.6) is 5.75 Å². The second kappa shape index (κ2) is 9.74. The molecule has 4 aromatic rings. The summed E-state index contributed by atoms with van der Waals surface area (Å²) < 4.78 is 40.8. The molecule has 0 fully saturated rings. The fourth-order valence-electron chi connectivity index (χ4n) is 4.42. The molecule has 0 bridgehead atoms. The van der Waals surface area contributed by atoms with Crippen LogP contribution in [-0.4, -0.2) is 35.4 Å². The van der Waals surface area contributed by atoms with E-state index >= 15 is 0 Å². The van der Waals surface area contributed by atoms with E-state index < -0.39 is 27.8 Å². The Kier molecular flexibility index (Phi) is 6.61. The number of aliphatic hydroxyl groups is 1. The molecule has 3 aromatic carbocycles. The molecule has 0 spiro atoms. The van der Waals surface area contributed by atoms with Crippen LogP contribution in [0.3, 0.4) is 0 Å². The Bertz CT molecular complexity index is 1500. The van der Waals surface area contributed by atoms with Crippen molar-refractivity contribution in [3.05, 3.63) is 95.3 Å². The quantitative estimate of drug-likeness (QED) is 0.371. The first kappa shape index (κ1) is 25.1. The Morgan fingerprint density at radius 1 is 1.00 bits per heavy atom. The Morgan fingerprint density at radius 2 is 1.73 bits per heavy atom. The van der Waals surface area contributed by atoms with Crippen LogP contribution < -0.4 is 9.46 Å². The van der Waals surface area contributed by atoms with Crippen molar-refractivity contribution in [2.24, 2.45) is 0 Å². The molecule has 1 aliphatic rings. The van der Waals surface area contributed by atoms with E-state index in [1.807, 2.05) is 37.3 Å². The first-order chi connectivity index (χ1) is 17.7. The summed E-state index contributed by atoms with van der Waals surface area (Å²) in [4.78, 5) is 4.64. The molecule has 0 saturated carbocycles. The van der Waals surface area contributed by atoms with Gasteiger partial charge in [-0.15, -0.1) is 0 Å². The predicted octanol–water partition coefficient (Wildman–Crippen LogP) is 4.44. The van der Waals surface area contributed by atoms with Crippen LogP contribution in [0.15, 0.2) is 82.2 Å². The molecule has 1 aliphatic heterocycles. The van der Waals surface area contributed by atoms with Gasteiger partial charge in [-0.3, -0.25) is 0 Å². The highest BCUT2D eigenvalue weighted by Gasteiger charge is 2.44. The summed E-state index contributed by atoms with van der Waals surface area (Å²) in [6.45, 7) is 5.45. The summed E-state index contributed by atoms with van der Waals surface area (Å²) in [7, 11) is -3.94. The molecular formula is C28H29N3O5S. The standard InChI is InChI=1S/C28H29N3O5S/c1-4-18-10-13-21(14-11-18)37(33,34)31-25-22-17-20(12-15-23(22)35-28(2,3)26(25)32)27-29-24(30-36-27)16-19-8-6-5-7-9-19/h5-15,17,25-26,31-32H,4,16H2,1-3H3/t25-,26+/m1/s1.